The molecule has 1 aliphatic heterocycles. The zero-order valence-electron chi connectivity index (χ0n) is 15.0. The van der Waals surface area contributed by atoms with E-state index in [2.05, 4.69) is 0 Å². The van der Waals surface area contributed by atoms with Crippen molar-refractivity contribution in [1.29, 1.82) is 0 Å². The van der Waals surface area contributed by atoms with E-state index in [1.807, 2.05) is 20.8 Å². The normalized spacial score (nSPS) is 15.4. The molecule has 2 N–H and O–H groups in total. The summed E-state index contributed by atoms with van der Waals surface area (Å²) in [6, 6.07) is 3.87. The zero-order valence-corrected chi connectivity index (χ0v) is 15.0. The molecule has 0 saturated carbocycles. The number of carbonyl (C=O) groups is 3. The third-order valence-electron chi connectivity index (χ3n) is 3.85. The van der Waals surface area contributed by atoms with Crippen molar-refractivity contribution in [3.8, 4) is 5.75 Å². The van der Waals surface area contributed by atoms with Gasteiger partial charge in [-0.3, -0.25) is 0 Å². The van der Waals surface area contributed by atoms with E-state index in [1.165, 1.54) is 18.2 Å². The fraction of sp³-hybridized carbons (Fsp3) is 0.500. The van der Waals surface area contributed by atoms with Crippen LogP contribution in [-0.4, -0.2) is 57.9 Å². The maximum atomic E-state index is 12.0. The molecule has 1 aromatic rings. The number of aromatic carboxylic acids is 2. The number of amides is 1. The van der Waals surface area contributed by atoms with Gasteiger partial charge < -0.3 is 24.6 Å². The summed E-state index contributed by atoms with van der Waals surface area (Å²) in [5, 5.41) is 18.2. The lowest BCUT2D eigenvalue weighted by molar-refractivity contribution is 0.0126. The smallest absolute Gasteiger partial charge is 0.410 e. The molecule has 0 spiro atoms. The molecule has 1 aliphatic rings. The molecule has 1 amide bonds. The number of benzene rings is 1. The number of hydrogen-bond donors (Lipinski definition) is 2. The first-order chi connectivity index (χ1) is 12.1. The van der Waals surface area contributed by atoms with E-state index in [-0.39, 0.29) is 23.3 Å². The standard InChI is InChI=1S/C18H23NO7/c1-18(2,3)26-17(24)19-8-6-11(7-9-19)25-12-4-5-13(15(20)21)14(10-12)16(22)23/h4-5,10-11H,6-9H2,1-3H3,(H,20,21)(H,22,23). The van der Waals surface area contributed by atoms with Gasteiger partial charge in [0.2, 0.25) is 0 Å². The lowest BCUT2D eigenvalue weighted by atomic mass is 10.1. The van der Waals surface area contributed by atoms with E-state index >= 15 is 0 Å². The predicted molar refractivity (Wildman–Crippen MR) is 91.8 cm³/mol. The molecule has 2 rings (SSSR count). The lowest BCUT2D eigenvalue weighted by Crippen LogP contribution is -2.44. The Morgan fingerprint density at radius 2 is 1.62 bits per heavy atom. The van der Waals surface area contributed by atoms with Crippen LogP contribution in [0.1, 0.15) is 54.3 Å². The van der Waals surface area contributed by atoms with Gasteiger partial charge in [-0.25, -0.2) is 14.4 Å². The van der Waals surface area contributed by atoms with Crippen LogP contribution in [0.4, 0.5) is 4.79 Å². The summed E-state index contributed by atoms with van der Waals surface area (Å²) in [4.78, 5) is 36.0. The van der Waals surface area contributed by atoms with Gasteiger partial charge in [-0.1, -0.05) is 0 Å². The van der Waals surface area contributed by atoms with E-state index < -0.39 is 17.5 Å². The van der Waals surface area contributed by atoms with Crippen molar-refractivity contribution in [1.82, 2.24) is 4.90 Å². The summed E-state index contributed by atoms with van der Waals surface area (Å²) < 4.78 is 11.1. The van der Waals surface area contributed by atoms with E-state index in [9.17, 15) is 14.4 Å². The first kappa shape index (κ1) is 19.6. The van der Waals surface area contributed by atoms with Crippen LogP contribution in [0.5, 0.6) is 5.75 Å². The van der Waals surface area contributed by atoms with E-state index in [1.54, 1.807) is 4.90 Å². The van der Waals surface area contributed by atoms with Crippen LogP contribution in [0.3, 0.4) is 0 Å². The molecule has 0 aliphatic carbocycles. The number of hydrogen-bond acceptors (Lipinski definition) is 5. The summed E-state index contributed by atoms with van der Waals surface area (Å²) in [5.41, 5.74) is -1.16. The molecule has 0 atom stereocenters. The molecule has 26 heavy (non-hydrogen) atoms. The molecule has 1 fully saturated rings. The van der Waals surface area contributed by atoms with Gasteiger partial charge in [0.15, 0.2) is 0 Å². The minimum atomic E-state index is -1.33. The Balaban J connectivity index is 1.97. The van der Waals surface area contributed by atoms with Gasteiger partial charge in [0.25, 0.3) is 0 Å². The molecular formula is C18H23NO7. The minimum Gasteiger partial charge on any atom is -0.490 e. The summed E-state index contributed by atoms with van der Waals surface area (Å²) >= 11 is 0. The van der Waals surface area contributed by atoms with Gasteiger partial charge in [0.1, 0.15) is 17.5 Å². The Kier molecular flexibility index (Phi) is 5.74. The van der Waals surface area contributed by atoms with Crippen LogP contribution in [0, 0.1) is 0 Å². The highest BCUT2D eigenvalue weighted by atomic mass is 16.6. The van der Waals surface area contributed by atoms with Crippen LogP contribution in [-0.2, 0) is 4.74 Å². The van der Waals surface area contributed by atoms with Crippen molar-refractivity contribution in [2.24, 2.45) is 0 Å². The molecule has 1 saturated heterocycles. The molecule has 0 unspecified atom stereocenters. The second-order valence-electron chi connectivity index (χ2n) is 7.10. The molecule has 0 bridgehead atoms. The number of carbonyl (C=O) groups excluding carboxylic acids is 1. The molecule has 0 aromatic heterocycles. The van der Waals surface area contributed by atoms with E-state index in [4.69, 9.17) is 19.7 Å². The largest absolute Gasteiger partial charge is 0.490 e. The average Bonchev–Trinajstić information content (AvgIpc) is 2.53. The van der Waals surface area contributed by atoms with Gasteiger partial charge in [0, 0.05) is 25.9 Å². The summed E-state index contributed by atoms with van der Waals surface area (Å²) in [5.74, 6) is -2.34. The van der Waals surface area contributed by atoms with Gasteiger partial charge in [-0.05, 0) is 39.0 Å². The highest BCUT2D eigenvalue weighted by Gasteiger charge is 2.28. The maximum absolute atomic E-state index is 12.0. The van der Waals surface area contributed by atoms with Crippen LogP contribution in [0.25, 0.3) is 0 Å². The monoisotopic (exact) mass is 365 g/mol. The second-order valence-corrected chi connectivity index (χ2v) is 7.10. The van der Waals surface area contributed by atoms with Crippen molar-refractivity contribution in [3.05, 3.63) is 29.3 Å². The van der Waals surface area contributed by atoms with Gasteiger partial charge >= 0.3 is 18.0 Å². The fourth-order valence-corrected chi connectivity index (χ4v) is 2.64. The van der Waals surface area contributed by atoms with Gasteiger partial charge in [0.05, 0.1) is 11.1 Å². The van der Waals surface area contributed by atoms with Crippen molar-refractivity contribution in [3.63, 3.8) is 0 Å². The maximum Gasteiger partial charge on any atom is 0.410 e. The molecular weight excluding hydrogens is 342 g/mol. The first-order valence-corrected chi connectivity index (χ1v) is 8.32. The van der Waals surface area contributed by atoms with Crippen LogP contribution in [0.15, 0.2) is 18.2 Å². The number of ether oxygens (including phenoxy) is 2. The van der Waals surface area contributed by atoms with Gasteiger partial charge in [-0.2, -0.15) is 0 Å². The minimum absolute atomic E-state index is 0.189. The number of rotatable bonds is 4. The highest BCUT2D eigenvalue weighted by Crippen LogP contribution is 2.23. The van der Waals surface area contributed by atoms with Crippen LogP contribution >= 0.6 is 0 Å². The molecule has 0 radical (unpaired) electrons. The van der Waals surface area contributed by atoms with E-state index in [0.717, 1.165) is 0 Å². The quantitative estimate of drug-likeness (QED) is 0.843. The molecule has 142 valence electrons. The summed E-state index contributed by atoms with van der Waals surface area (Å²) in [7, 11) is 0. The third kappa shape index (κ3) is 5.11. The van der Waals surface area contributed by atoms with Crippen molar-refractivity contribution in [2.45, 2.75) is 45.3 Å². The summed E-state index contributed by atoms with van der Waals surface area (Å²) in [6.07, 6.45) is 0.589. The Morgan fingerprint density at radius 3 is 2.12 bits per heavy atom. The number of nitrogens with zero attached hydrogens (tertiary/aromatic N) is 1. The number of likely N-dealkylation sites (tertiary alicyclic amines) is 1. The Morgan fingerprint density at radius 1 is 1.04 bits per heavy atom. The molecule has 1 heterocycles. The zero-order chi connectivity index (χ0) is 19.5. The van der Waals surface area contributed by atoms with E-state index in [0.29, 0.717) is 31.7 Å². The first-order valence-electron chi connectivity index (χ1n) is 8.32. The topological polar surface area (TPSA) is 113 Å². The third-order valence-corrected chi connectivity index (χ3v) is 3.85. The summed E-state index contributed by atoms with van der Waals surface area (Å²) in [6.45, 7) is 6.36. The average molecular weight is 365 g/mol. The lowest BCUT2D eigenvalue weighted by Gasteiger charge is -2.33. The van der Waals surface area contributed by atoms with Crippen molar-refractivity contribution < 1.29 is 34.1 Å². The number of carboxylic acids is 2. The molecule has 8 heteroatoms. The van der Waals surface area contributed by atoms with Crippen molar-refractivity contribution in [2.75, 3.05) is 13.1 Å². The Hall–Kier alpha value is -2.77. The van der Waals surface area contributed by atoms with Gasteiger partial charge in [-0.15, -0.1) is 0 Å². The highest BCUT2D eigenvalue weighted by molar-refractivity contribution is 6.02. The number of carboxylic acid groups (broad SMARTS) is 2. The second kappa shape index (κ2) is 7.63. The fourth-order valence-electron chi connectivity index (χ4n) is 2.64. The molecule has 8 nitrogen and oxygen atoms in total. The SMILES string of the molecule is CC(C)(C)OC(=O)N1CCC(Oc2ccc(C(=O)O)c(C(=O)O)c2)CC1. The Bertz CT molecular complexity index is 700. The molecule has 1 aromatic carbocycles. The van der Waals surface area contributed by atoms with Crippen LogP contribution in [0.2, 0.25) is 0 Å². The number of piperidine rings is 1. The predicted octanol–water partition coefficient (Wildman–Crippen LogP) is 2.86. The van der Waals surface area contributed by atoms with Crippen LogP contribution < -0.4 is 4.74 Å². The van der Waals surface area contributed by atoms with Crippen molar-refractivity contribution >= 4 is 18.0 Å². The Labute approximate surface area is 151 Å².